The van der Waals surface area contributed by atoms with Crippen LogP contribution >= 0.6 is 0 Å². The van der Waals surface area contributed by atoms with Crippen LogP contribution in [0.5, 0.6) is 0 Å². The Bertz CT molecular complexity index is 651. The predicted molar refractivity (Wildman–Crippen MR) is 77.4 cm³/mol. The molecule has 20 heavy (non-hydrogen) atoms. The normalized spacial score (nSPS) is 15.1. The number of nitrogens with one attached hydrogen (secondary N) is 1. The minimum Gasteiger partial charge on any atom is -0.306 e. The molecule has 1 aliphatic rings. The molecule has 0 unspecified atom stereocenters. The van der Waals surface area contributed by atoms with Gasteiger partial charge in [0, 0.05) is 36.6 Å². The van der Waals surface area contributed by atoms with E-state index >= 15 is 0 Å². The van der Waals surface area contributed by atoms with Gasteiger partial charge in [-0.15, -0.1) is 0 Å². The molecule has 0 atom stereocenters. The minimum absolute atomic E-state index is 0.00189. The number of hydrogen-bond donors (Lipinski definition) is 1. The molecule has 2 aromatic heterocycles. The van der Waals surface area contributed by atoms with Crippen molar-refractivity contribution in [2.45, 2.75) is 26.3 Å². The Hall–Kier alpha value is -2.01. The maximum atomic E-state index is 12.2. The molecule has 0 amide bonds. The molecule has 0 saturated carbocycles. The van der Waals surface area contributed by atoms with Crippen molar-refractivity contribution in [1.82, 2.24) is 19.9 Å². The van der Waals surface area contributed by atoms with E-state index in [9.17, 15) is 4.79 Å². The van der Waals surface area contributed by atoms with Crippen LogP contribution in [0.15, 0.2) is 29.3 Å². The summed E-state index contributed by atoms with van der Waals surface area (Å²) in [6.07, 6.45) is 5.32. The molecule has 5 nitrogen and oxygen atoms in total. The first-order valence-corrected chi connectivity index (χ1v) is 7.02. The maximum Gasteiger partial charge on any atom is 0.254 e. The topological polar surface area (TPSA) is 61.9 Å². The molecule has 1 N–H and O–H groups in total. The van der Waals surface area contributed by atoms with Crippen molar-refractivity contribution in [3.63, 3.8) is 0 Å². The first-order chi connectivity index (χ1) is 9.78. The van der Waals surface area contributed by atoms with Crippen LogP contribution in [0.3, 0.4) is 0 Å². The molecule has 0 spiro atoms. The van der Waals surface area contributed by atoms with E-state index in [1.807, 2.05) is 12.1 Å². The van der Waals surface area contributed by atoms with Crippen LogP contribution in [-0.2, 0) is 13.0 Å². The Balaban J connectivity index is 1.99. The molecule has 0 aliphatic carbocycles. The van der Waals surface area contributed by atoms with Crippen molar-refractivity contribution < 1.29 is 0 Å². The Labute approximate surface area is 117 Å². The molecule has 3 rings (SSSR count). The third kappa shape index (κ3) is 2.49. The van der Waals surface area contributed by atoms with E-state index < -0.39 is 0 Å². The van der Waals surface area contributed by atoms with Gasteiger partial charge in [-0.05, 0) is 31.5 Å². The molecule has 0 radical (unpaired) electrons. The van der Waals surface area contributed by atoms with Gasteiger partial charge in [0.05, 0.1) is 5.69 Å². The summed E-state index contributed by atoms with van der Waals surface area (Å²) in [7, 11) is 0. The van der Waals surface area contributed by atoms with Gasteiger partial charge in [-0.1, -0.05) is 6.92 Å². The van der Waals surface area contributed by atoms with Crippen molar-refractivity contribution in [3.05, 3.63) is 46.1 Å². The lowest BCUT2D eigenvalue weighted by molar-refractivity contribution is 0.250. The second-order valence-electron chi connectivity index (χ2n) is 5.10. The van der Waals surface area contributed by atoms with Crippen LogP contribution in [0.4, 0.5) is 0 Å². The molecule has 1 aliphatic heterocycles. The van der Waals surface area contributed by atoms with Crippen LogP contribution in [0.1, 0.15) is 24.6 Å². The van der Waals surface area contributed by atoms with E-state index in [-0.39, 0.29) is 5.56 Å². The number of aromatic nitrogens is 3. The molecule has 104 valence electrons. The van der Waals surface area contributed by atoms with Crippen molar-refractivity contribution >= 4 is 0 Å². The molecule has 0 aromatic carbocycles. The third-order valence-electron chi connectivity index (χ3n) is 3.65. The van der Waals surface area contributed by atoms with E-state index in [4.69, 9.17) is 0 Å². The fourth-order valence-corrected chi connectivity index (χ4v) is 2.65. The van der Waals surface area contributed by atoms with E-state index in [1.54, 1.807) is 12.4 Å². The van der Waals surface area contributed by atoms with E-state index in [1.165, 1.54) is 0 Å². The van der Waals surface area contributed by atoms with E-state index in [0.29, 0.717) is 5.82 Å². The number of pyridine rings is 1. The molecule has 5 heteroatoms. The predicted octanol–water partition coefficient (Wildman–Crippen LogP) is 1.60. The van der Waals surface area contributed by atoms with Gasteiger partial charge in [0.1, 0.15) is 5.82 Å². The molecule has 0 saturated heterocycles. The highest BCUT2D eigenvalue weighted by Crippen LogP contribution is 2.18. The smallest absolute Gasteiger partial charge is 0.254 e. The first kappa shape index (κ1) is 13.0. The Morgan fingerprint density at radius 2 is 2.15 bits per heavy atom. The molecule has 0 fully saturated rings. The first-order valence-electron chi connectivity index (χ1n) is 7.02. The van der Waals surface area contributed by atoms with Crippen molar-refractivity contribution in [3.8, 4) is 11.4 Å². The highest BCUT2D eigenvalue weighted by atomic mass is 16.1. The summed E-state index contributed by atoms with van der Waals surface area (Å²) in [5.74, 6) is 0.634. The lowest BCUT2D eigenvalue weighted by Gasteiger charge is -2.27. The quantitative estimate of drug-likeness (QED) is 0.920. The Morgan fingerprint density at radius 3 is 2.90 bits per heavy atom. The average molecular weight is 270 g/mol. The van der Waals surface area contributed by atoms with Gasteiger partial charge in [0.15, 0.2) is 0 Å². The molecule has 2 aromatic rings. The van der Waals surface area contributed by atoms with Crippen LogP contribution < -0.4 is 5.56 Å². The van der Waals surface area contributed by atoms with Gasteiger partial charge in [0.25, 0.3) is 5.56 Å². The van der Waals surface area contributed by atoms with E-state index in [0.717, 1.165) is 49.3 Å². The number of hydrogen-bond acceptors (Lipinski definition) is 4. The minimum atomic E-state index is -0.00189. The van der Waals surface area contributed by atoms with Gasteiger partial charge in [-0.25, -0.2) is 4.98 Å². The van der Waals surface area contributed by atoms with Gasteiger partial charge in [0.2, 0.25) is 0 Å². The largest absolute Gasteiger partial charge is 0.306 e. The van der Waals surface area contributed by atoms with Crippen molar-refractivity contribution in [2.24, 2.45) is 0 Å². The van der Waals surface area contributed by atoms with Crippen LogP contribution in [0.25, 0.3) is 11.4 Å². The fraction of sp³-hybridized carbons (Fsp3) is 0.400. The number of aromatic amines is 1. The zero-order valence-corrected chi connectivity index (χ0v) is 11.6. The average Bonchev–Trinajstić information content (AvgIpc) is 2.48. The zero-order valence-electron chi connectivity index (χ0n) is 11.6. The Morgan fingerprint density at radius 1 is 1.35 bits per heavy atom. The summed E-state index contributed by atoms with van der Waals surface area (Å²) in [5.41, 5.74) is 2.65. The van der Waals surface area contributed by atoms with E-state index in [2.05, 4.69) is 26.8 Å². The summed E-state index contributed by atoms with van der Waals surface area (Å²) >= 11 is 0. The monoisotopic (exact) mass is 270 g/mol. The number of fused-ring (bicyclic) bond motifs is 1. The third-order valence-corrected chi connectivity index (χ3v) is 3.65. The van der Waals surface area contributed by atoms with Crippen molar-refractivity contribution in [2.75, 3.05) is 13.1 Å². The highest BCUT2D eigenvalue weighted by Gasteiger charge is 2.20. The molecule has 3 heterocycles. The molecular weight excluding hydrogens is 252 g/mol. The summed E-state index contributed by atoms with van der Waals surface area (Å²) in [6, 6.07) is 3.72. The van der Waals surface area contributed by atoms with Crippen LogP contribution in [0, 0.1) is 0 Å². The number of H-pyrrole nitrogens is 1. The lowest BCUT2D eigenvalue weighted by atomic mass is 10.1. The molecular formula is C15H18N4O. The van der Waals surface area contributed by atoms with Crippen LogP contribution in [0.2, 0.25) is 0 Å². The lowest BCUT2D eigenvalue weighted by Crippen LogP contribution is -2.35. The number of rotatable bonds is 3. The van der Waals surface area contributed by atoms with Gasteiger partial charge in [-0.2, -0.15) is 0 Å². The zero-order chi connectivity index (χ0) is 13.9. The summed E-state index contributed by atoms with van der Waals surface area (Å²) < 4.78 is 0. The van der Waals surface area contributed by atoms with Gasteiger partial charge >= 0.3 is 0 Å². The highest BCUT2D eigenvalue weighted by molar-refractivity contribution is 5.53. The summed E-state index contributed by atoms with van der Waals surface area (Å²) in [4.78, 5) is 26.1. The SMILES string of the molecule is CCCN1CCc2c(nc(-c3ccncc3)[nH]c2=O)C1. The van der Waals surface area contributed by atoms with Gasteiger partial charge < -0.3 is 4.98 Å². The number of nitrogens with zero attached hydrogens (tertiary/aromatic N) is 3. The van der Waals surface area contributed by atoms with Crippen molar-refractivity contribution in [1.29, 1.82) is 0 Å². The summed E-state index contributed by atoms with van der Waals surface area (Å²) in [6.45, 7) is 4.94. The standard InChI is InChI=1S/C15H18N4O/c1-2-8-19-9-5-12-13(10-19)17-14(18-15(12)20)11-3-6-16-7-4-11/h3-4,6-7H,2,5,8-10H2,1H3,(H,17,18,20). The van der Waals surface area contributed by atoms with Crippen LogP contribution in [-0.4, -0.2) is 32.9 Å². The van der Waals surface area contributed by atoms with Gasteiger partial charge in [-0.3, -0.25) is 14.7 Å². The second-order valence-corrected chi connectivity index (χ2v) is 5.10. The maximum absolute atomic E-state index is 12.2. The molecule has 0 bridgehead atoms. The fourth-order valence-electron chi connectivity index (χ4n) is 2.65. The Kier molecular flexibility index (Phi) is 3.60. The summed E-state index contributed by atoms with van der Waals surface area (Å²) in [5, 5.41) is 0. The second kappa shape index (κ2) is 5.54.